The Labute approximate surface area is 155 Å². The molecule has 0 aliphatic carbocycles. The summed E-state index contributed by atoms with van der Waals surface area (Å²) in [4.78, 5) is 12.4. The Morgan fingerprint density at radius 1 is 1.11 bits per heavy atom. The van der Waals surface area contributed by atoms with Gasteiger partial charge in [0.2, 0.25) is 0 Å². The van der Waals surface area contributed by atoms with Crippen molar-refractivity contribution in [1.29, 1.82) is 0 Å². The number of phenols is 3. The number of allylic oxidation sites excluding steroid dienone is 2. The average molecular weight is 368 g/mol. The zero-order valence-electron chi connectivity index (χ0n) is 15.2. The van der Waals surface area contributed by atoms with Gasteiger partial charge in [0.25, 0.3) is 0 Å². The SMILES string of the molecule is COc1cc(-c2cc(=O)c3c(O)cc(O)cc3o2)cc(CC=C(C)C)c1O. The smallest absolute Gasteiger partial charge is 0.197 e. The van der Waals surface area contributed by atoms with Gasteiger partial charge in [-0.2, -0.15) is 0 Å². The molecule has 0 atom stereocenters. The van der Waals surface area contributed by atoms with Crippen LogP contribution in [0.2, 0.25) is 0 Å². The lowest BCUT2D eigenvalue weighted by molar-refractivity contribution is 0.371. The predicted molar refractivity (Wildman–Crippen MR) is 103 cm³/mol. The van der Waals surface area contributed by atoms with Crippen LogP contribution in [0.15, 0.2) is 51.2 Å². The number of phenolic OH excluding ortho intramolecular Hbond substituents is 3. The van der Waals surface area contributed by atoms with Crippen LogP contribution in [0.5, 0.6) is 23.0 Å². The normalized spacial score (nSPS) is 10.8. The van der Waals surface area contributed by atoms with Gasteiger partial charge in [-0.1, -0.05) is 11.6 Å². The number of hydrogen-bond donors (Lipinski definition) is 3. The molecule has 3 N–H and O–H groups in total. The Bertz CT molecular complexity index is 1100. The maximum Gasteiger partial charge on any atom is 0.197 e. The van der Waals surface area contributed by atoms with Gasteiger partial charge >= 0.3 is 0 Å². The van der Waals surface area contributed by atoms with E-state index in [9.17, 15) is 20.1 Å². The summed E-state index contributed by atoms with van der Waals surface area (Å²) in [7, 11) is 1.44. The number of ether oxygens (including phenoxy) is 1. The first-order valence-corrected chi connectivity index (χ1v) is 8.33. The highest BCUT2D eigenvalue weighted by Gasteiger charge is 2.16. The molecule has 0 fully saturated rings. The van der Waals surface area contributed by atoms with Gasteiger partial charge < -0.3 is 24.5 Å². The van der Waals surface area contributed by atoms with E-state index in [-0.39, 0.29) is 39.7 Å². The molecular weight excluding hydrogens is 348 g/mol. The first-order chi connectivity index (χ1) is 12.8. The second-order valence-corrected chi connectivity index (χ2v) is 6.48. The summed E-state index contributed by atoms with van der Waals surface area (Å²) in [5, 5.41) is 29.9. The molecule has 6 nitrogen and oxygen atoms in total. The Morgan fingerprint density at radius 2 is 1.85 bits per heavy atom. The Morgan fingerprint density at radius 3 is 2.52 bits per heavy atom. The molecule has 0 saturated carbocycles. The molecule has 2 aromatic carbocycles. The Hall–Kier alpha value is -3.41. The standard InChI is InChI=1S/C21H20O6/c1-11(2)4-5-12-6-13(7-19(26-3)21(12)25)17-10-16(24)20-15(23)8-14(22)9-18(20)27-17/h4,6-10,22-23,25H,5H2,1-3H3. The molecule has 0 radical (unpaired) electrons. The number of hydrogen-bond acceptors (Lipinski definition) is 6. The van der Waals surface area contributed by atoms with E-state index in [1.165, 1.54) is 19.2 Å². The van der Waals surface area contributed by atoms with Crippen molar-refractivity contribution < 1.29 is 24.5 Å². The molecule has 0 aliphatic rings. The van der Waals surface area contributed by atoms with Crippen molar-refractivity contribution in [2.45, 2.75) is 20.3 Å². The summed E-state index contributed by atoms with van der Waals surface area (Å²) < 4.78 is 11.0. The van der Waals surface area contributed by atoms with Gasteiger partial charge in [-0.3, -0.25) is 4.79 Å². The fourth-order valence-corrected chi connectivity index (χ4v) is 2.83. The topological polar surface area (TPSA) is 100 Å². The van der Waals surface area contributed by atoms with Crippen LogP contribution in [0.3, 0.4) is 0 Å². The third-order valence-corrected chi connectivity index (χ3v) is 4.18. The summed E-state index contributed by atoms with van der Waals surface area (Å²) in [6.07, 6.45) is 2.45. The molecule has 3 aromatic rings. The van der Waals surface area contributed by atoms with Crippen molar-refractivity contribution in [3.8, 4) is 34.3 Å². The number of rotatable bonds is 4. The van der Waals surface area contributed by atoms with E-state index in [1.807, 2.05) is 19.9 Å². The number of fused-ring (bicyclic) bond motifs is 1. The van der Waals surface area contributed by atoms with Crippen molar-refractivity contribution in [2.75, 3.05) is 7.11 Å². The molecule has 0 unspecified atom stereocenters. The molecule has 1 aromatic heterocycles. The van der Waals surface area contributed by atoms with Crippen LogP contribution in [0, 0.1) is 0 Å². The second-order valence-electron chi connectivity index (χ2n) is 6.48. The summed E-state index contributed by atoms with van der Waals surface area (Å²) in [6, 6.07) is 6.88. The van der Waals surface area contributed by atoms with E-state index in [2.05, 4.69) is 0 Å². The molecule has 0 spiro atoms. The fraction of sp³-hybridized carbons (Fsp3) is 0.190. The van der Waals surface area contributed by atoms with Crippen molar-refractivity contribution >= 4 is 11.0 Å². The van der Waals surface area contributed by atoms with Crippen LogP contribution in [-0.2, 0) is 6.42 Å². The highest BCUT2D eigenvalue weighted by atomic mass is 16.5. The molecule has 0 saturated heterocycles. The maximum atomic E-state index is 12.4. The molecule has 0 aliphatic heterocycles. The first-order valence-electron chi connectivity index (χ1n) is 8.33. The van der Waals surface area contributed by atoms with Crippen molar-refractivity contribution in [2.24, 2.45) is 0 Å². The van der Waals surface area contributed by atoms with Crippen LogP contribution < -0.4 is 10.2 Å². The minimum atomic E-state index is -0.443. The molecule has 27 heavy (non-hydrogen) atoms. The van der Waals surface area contributed by atoms with Gasteiger partial charge in [0.05, 0.1) is 7.11 Å². The summed E-state index contributed by atoms with van der Waals surface area (Å²) in [6.45, 7) is 3.92. The molecule has 1 heterocycles. The van der Waals surface area contributed by atoms with E-state index >= 15 is 0 Å². The van der Waals surface area contributed by atoms with Crippen molar-refractivity contribution in [3.63, 3.8) is 0 Å². The van der Waals surface area contributed by atoms with Gasteiger partial charge in [-0.25, -0.2) is 0 Å². The summed E-state index contributed by atoms with van der Waals surface area (Å²) in [5.74, 6) is -0.0525. The lowest BCUT2D eigenvalue weighted by Crippen LogP contribution is -2.01. The second kappa shape index (κ2) is 7.07. The fourth-order valence-electron chi connectivity index (χ4n) is 2.83. The molecular formula is C21H20O6. The van der Waals surface area contributed by atoms with Gasteiger partial charge in [0.15, 0.2) is 16.9 Å². The zero-order valence-corrected chi connectivity index (χ0v) is 15.2. The number of aromatic hydroxyl groups is 3. The van der Waals surface area contributed by atoms with Crippen molar-refractivity contribution in [3.05, 3.63) is 57.8 Å². The van der Waals surface area contributed by atoms with Crippen LogP contribution in [0.1, 0.15) is 19.4 Å². The largest absolute Gasteiger partial charge is 0.508 e. The zero-order chi connectivity index (χ0) is 19.7. The monoisotopic (exact) mass is 368 g/mol. The van der Waals surface area contributed by atoms with Gasteiger partial charge in [-0.05, 0) is 32.4 Å². The quantitative estimate of drug-likeness (QED) is 0.600. The summed E-state index contributed by atoms with van der Waals surface area (Å²) in [5.41, 5.74) is 1.87. The maximum absolute atomic E-state index is 12.4. The molecule has 3 rings (SSSR count). The van der Waals surface area contributed by atoms with Crippen LogP contribution in [0.4, 0.5) is 0 Å². The van der Waals surface area contributed by atoms with E-state index in [1.54, 1.807) is 12.1 Å². The Kier molecular flexibility index (Phi) is 4.81. The highest BCUT2D eigenvalue weighted by molar-refractivity contribution is 5.86. The van der Waals surface area contributed by atoms with E-state index in [0.29, 0.717) is 17.5 Å². The van der Waals surface area contributed by atoms with Crippen LogP contribution in [0.25, 0.3) is 22.3 Å². The first kappa shape index (κ1) is 18.4. The van der Waals surface area contributed by atoms with Crippen LogP contribution >= 0.6 is 0 Å². The minimum Gasteiger partial charge on any atom is -0.508 e. The molecule has 0 bridgehead atoms. The highest BCUT2D eigenvalue weighted by Crippen LogP contribution is 2.37. The van der Waals surface area contributed by atoms with E-state index in [0.717, 1.165) is 11.6 Å². The lowest BCUT2D eigenvalue weighted by atomic mass is 10.0. The lowest BCUT2D eigenvalue weighted by Gasteiger charge is -2.12. The third-order valence-electron chi connectivity index (χ3n) is 4.18. The molecule has 140 valence electrons. The summed E-state index contributed by atoms with van der Waals surface area (Å²) >= 11 is 0. The predicted octanol–water partition coefficient (Wildman–Crippen LogP) is 4.09. The Balaban J connectivity index is 2.22. The van der Waals surface area contributed by atoms with Crippen molar-refractivity contribution in [1.82, 2.24) is 0 Å². The number of benzene rings is 2. The van der Waals surface area contributed by atoms with E-state index in [4.69, 9.17) is 9.15 Å². The van der Waals surface area contributed by atoms with Gasteiger partial charge in [0.1, 0.15) is 28.2 Å². The minimum absolute atomic E-state index is 0.00735. The van der Waals surface area contributed by atoms with Crippen LogP contribution in [-0.4, -0.2) is 22.4 Å². The van der Waals surface area contributed by atoms with Gasteiger partial charge in [-0.15, -0.1) is 0 Å². The number of methoxy groups -OCH3 is 1. The molecule has 0 amide bonds. The van der Waals surface area contributed by atoms with Gasteiger partial charge in [0, 0.05) is 29.3 Å². The van der Waals surface area contributed by atoms with E-state index < -0.39 is 5.43 Å². The molecule has 6 heteroatoms. The average Bonchev–Trinajstić information content (AvgIpc) is 2.59. The third kappa shape index (κ3) is 3.60.